The molecule has 0 aliphatic heterocycles. The van der Waals surface area contributed by atoms with Gasteiger partial charge < -0.3 is 0 Å². The fourth-order valence-corrected chi connectivity index (χ4v) is 1.85. The molecule has 0 saturated carbocycles. The van der Waals surface area contributed by atoms with Crippen molar-refractivity contribution in [2.45, 2.75) is 0 Å². The lowest BCUT2D eigenvalue weighted by molar-refractivity contribution is 1.02. The summed E-state index contributed by atoms with van der Waals surface area (Å²) in [6, 6.07) is 8.87. The molecule has 0 saturated heterocycles. The molecule has 0 radical (unpaired) electrons. The maximum absolute atomic E-state index is 5.89. The third-order valence-corrected chi connectivity index (χ3v) is 2.50. The highest BCUT2D eigenvalue weighted by Crippen LogP contribution is 2.25. The predicted octanol–water partition coefficient (Wildman–Crippen LogP) is 4.11. The van der Waals surface area contributed by atoms with Crippen molar-refractivity contribution in [2.75, 3.05) is 0 Å². The molecule has 0 amide bonds. The lowest BCUT2D eigenvalue weighted by atomic mass is 10.1. The molecule has 1 aromatic heterocycles. The van der Waals surface area contributed by atoms with Crippen LogP contribution in [0.25, 0.3) is 11.3 Å². The van der Waals surface area contributed by atoms with Crippen LogP contribution >= 0.6 is 35.4 Å². The molecule has 1 N–H and O–H groups in total. The van der Waals surface area contributed by atoms with Gasteiger partial charge in [-0.3, -0.25) is 5.10 Å². The molecule has 1 heterocycles. The second-order valence-electron chi connectivity index (χ2n) is 2.96. The third-order valence-electron chi connectivity index (χ3n) is 1.84. The van der Waals surface area contributed by atoms with Gasteiger partial charge in [-0.2, -0.15) is 5.10 Å². The van der Waals surface area contributed by atoms with Crippen LogP contribution in [0.2, 0.25) is 10.0 Å². The van der Waals surface area contributed by atoms with Gasteiger partial charge in [-0.1, -0.05) is 35.4 Å². The van der Waals surface area contributed by atoms with Crippen molar-refractivity contribution in [3.05, 3.63) is 45.0 Å². The number of halogens is 2. The molecule has 15 heavy (non-hydrogen) atoms. The second-order valence-corrected chi connectivity index (χ2v) is 4.28. The molecule has 76 valence electrons. The smallest absolute Gasteiger partial charge is 0.119 e. The maximum Gasteiger partial charge on any atom is 0.119 e. The Kier molecular flexibility index (Phi) is 3.05. The minimum absolute atomic E-state index is 0.585. The SMILES string of the molecule is S=c1ccc(-c2cc(Cl)cc(Cl)c2)n[nH]1. The van der Waals surface area contributed by atoms with E-state index in [4.69, 9.17) is 35.4 Å². The van der Waals surface area contributed by atoms with Crippen LogP contribution in [0, 0.1) is 4.64 Å². The fraction of sp³-hybridized carbons (Fsp3) is 0. The van der Waals surface area contributed by atoms with Crippen molar-refractivity contribution in [2.24, 2.45) is 0 Å². The van der Waals surface area contributed by atoms with Crippen molar-refractivity contribution in [1.29, 1.82) is 0 Å². The van der Waals surface area contributed by atoms with Gasteiger partial charge in [-0.15, -0.1) is 0 Å². The minimum atomic E-state index is 0.585. The fourth-order valence-electron chi connectivity index (χ4n) is 1.21. The molecule has 0 spiro atoms. The number of nitrogens with one attached hydrogen (secondary N) is 1. The average Bonchev–Trinajstić information content (AvgIpc) is 2.17. The van der Waals surface area contributed by atoms with Crippen LogP contribution < -0.4 is 0 Å². The Morgan fingerprint density at radius 3 is 2.27 bits per heavy atom. The Morgan fingerprint density at radius 1 is 1.07 bits per heavy atom. The Hall–Kier alpha value is -0.900. The first-order valence-electron chi connectivity index (χ1n) is 4.17. The molecule has 0 bridgehead atoms. The van der Waals surface area contributed by atoms with Gasteiger partial charge in [0.1, 0.15) is 4.64 Å². The molecule has 5 heteroatoms. The first kappa shape index (κ1) is 10.6. The first-order chi connectivity index (χ1) is 7.15. The molecular weight excluding hydrogens is 251 g/mol. The van der Waals surface area contributed by atoms with Crippen LogP contribution in [-0.2, 0) is 0 Å². The van der Waals surface area contributed by atoms with E-state index in [0.717, 1.165) is 11.3 Å². The summed E-state index contributed by atoms with van der Waals surface area (Å²) in [6.07, 6.45) is 0. The second kappa shape index (κ2) is 4.31. The van der Waals surface area contributed by atoms with E-state index in [2.05, 4.69) is 10.2 Å². The van der Waals surface area contributed by atoms with Gasteiger partial charge >= 0.3 is 0 Å². The van der Waals surface area contributed by atoms with E-state index in [1.807, 2.05) is 6.07 Å². The molecule has 0 atom stereocenters. The number of hydrogen-bond donors (Lipinski definition) is 1. The van der Waals surface area contributed by atoms with Crippen molar-refractivity contribution < 1.29 is 0 Å². The minimum Gasteiger partial charge on any atom is -0.267 e. The molecular formula is C10H6Cl2N2S. The van der Waals surface area contributed by atoms with E-state index < -0.39 is 0 Å². The van der Waals surface area contributed by atoms with Crippen LogP contribution in [0.5, 0.6) is 0 Å². The van der Waals surface area contributed by atoms with Crippen LogP contribution in [-0.4, -0.2) is 10.2 Å². The summed E-state index contributed by atoms with van der Waals surface area (Å²) >= 11 is 16.7. The van der Waals surface area contributed by atoms with Crippen LogP contribution in [0.3, 0.4) is 0 Å². The Labute approximate surface area is 102 Å². The molecule has 0 aliphatic rings. The maximum atomic E-state index is 5.89. The molecule has 2 rings (SSSR count). The Morgan fingerprint density at radius 2 is 1.73 bits per heavy atom. The molecule has 0 unspecified atom stereocenters. The van der Waals surface area contributed by atoms with Crippen molar-refractivity contribution in [3.8, 4) is 11.3 Å². The lowest BCUT2D eigenvalue weighted by Gasteiger charge is -2.01. The summed E-state index contributed by atoms with van der Waals surface area (Å²) in [5.41, 5.74) is 1.62. The summed E-state index contributed by atoms with van der Waals surface area (Å²) in [6.45, 7) is 0. The molecule has 0 fully saturated rings. The summed E-state index contributed by atoms with van der Waals surface area (Å²) in [5.74, 6) is 0. The Balaban J connectivity index is 2.53. The van der Waals surface area contributed by atoms with E-state index in [-0.39, 0.29) is 0 Å². The van der Waals surface area contributed by atoms with Gasteiger partial charge in [-0.05, 0) is 30.3 Å². The number of hydrogen-bond acceptors (Lipinski definition) is 2. The summed E-state index contributed by atoms with van der Waals surface area (Å²) in [7, 11) is 0. The number of nitrogens with zero attached hydrogens (tertiary/aromatic N) is 1. The van der Waals surface area contributed by atoms with Gasteiger partial charge in [0, 0.05) is 15.6 Å². The largest absolute Gasteiger partial charge is 0.267 e. The van der Waals surface area contributed by atoms with Crippen molar-refractivity contribution >= 4 is 35.4 Å². The van der Waals surface area contributed by atoms with E-state index in [9.17, 15) is 0 Å². The number of benzene rings is 1. The van der Waals surface area contributed by atoms with Crippen LogP contribution in [0.4, 0.5) is 0 Å². The Bertz CT molecular complexity index is 511. The van der Waals surface area contributed by atoms with Gasteiger partial charge in [0.15, 0.2) is 0 Å². The average molecular weight is 257 g/mol. The molecule has 0 aliphatic carbocycles. The first-order valence-corrected chi connectivity index (χ1v) is 5.34. The van der Waals surface area contributed by atoms with E-state index in [1.165, 1.54) is 0 Å². The standard InChI is InChI=1S/C10H6Cl2N2S/c11-7-3-6(4-8(12)5-7)9-1-2-10(15)14-13-9/h1-5H,(H,14,15). The van der Waals surface area contributed by atoms with Crippen LogP contribution in [0.15, 0.2) is 30.3 Å². The topological polar surface area (TPSA) is 28.7 Å². The van der Waals surface area contributed by atoms with E-state index in [0.29, 0.717) is 14.7 Å². The lowest BCUT2D eigenvalue weighted by Crippen LogP contribution is -1.87. The summed E-state index contributed by atoms with van der Waals surface area (Å²) < 4.78 is 0.590. The van der Waals surface area contributed by atoms with E-state index >= 15 is 0 Å². The monoisotopic (exact) mass is 256 g/mol. The number of H-pyrrole nitrogens is 1. The van der Waals surface area contributed by atoms with Crippen LogP contribution in [0.1, 0.15) is 0 Å². The predicted molar refractivity (Wildman–Crippen MR) is 64.9 cm³/mol. The summed E-state index contributed by atoms with van der Waals surface area (Å²) in [5, 5.41) is 7.97. The zero-order valence-corrected chi connectivity index (χ0v) is 9.83. The quantitative estimate of drug-likeness (QED) is 0.778. The number of rotatable bonds is 1. The van der Waals surface area contributed by atoms with Gasteiger partial charge in [0.25, 0.3) is 0 Å². The molecule has 2 nitrogen and oxygen atoms in total. The molecule has 1 aromatic carbocycles. The normalized spacial score (nSPS) is 10.3. The third kappa shape index (κ3) is 2.56. The highest BCUT2D eigenvalue weighted by molar-refractivity contribution is 7.71. The number of aromatic nitrogens is 2. The highest BCUT2D eigenvalue weighted by Gasteiger charge is 2.02. The van der Waals surface area contributed by atoms with Crippen molar-refractivity contribution in [1.82, 2.24) is 10.2 Å². The van der Waals surface area contributed by atoms with E-state index in [1.54, 1.807) is 24.3 Å². The van der Waals surface area contributed by atoms with Crippen molar-refractivity contribution in [3.63, 3.8) is 0 Å². The summed E-state index contributed by atoms with van der Waals surface area (Å²) in [4.78, 5) is 0. The van der Waals surface area contributed by atoms with Gasteiger partial charge in [0.05, 0.1) is 5.69 Å². The van der Waals surface area contributed by atoms with Gasteiger partial charge in [0.2, 0.25) is 0 Å². The number of aromatic amines is 1. The highest BCUT2D eigenvalue weighted by atomic mass is 35.5. The molecule has 2 aromatic rings. The zero-order valence-electron chi connectivity index (χ0n) is 7.50. The van der Waals surface area contributed by atoms with Gasteiger partial charge in [-0.25, -0.2) is 0 Å². The zero-order chi connectivity index (χ0) is 10.8.